The number of nitrogens with zero attached hydrogens (tertiary/aromatic N) is 4. The average molecular weight is 565 g/mol. The van der Waals surface area contributed by atoms with E-state index in [9.17, 15) is 15.2 Å². The molecule has 4 aromatic rings. The molecule has 6 rings (SSSR count). The van der Waals surface area contributed by atoms with Crippen molar-refractivity contribution < 1.29 is 9.84 Å². The maximum absolute atomic E-state index is 14.3. The number of nitriles is 1. The van der Waals surface area contributed by atoms with Crippen molar-refractivity contribution in [1.29, 1.82) is 5.26 Å². The molecule has 2 aromatic carbocycles. The molecule has 1 N–H and O–H groups in total. The van der Waals surface area contributed by atoms with Gasteiger partial charge in [0.25, 0.3) is 5.56 Å². The number of aromatic nitrogens is 3. The Bertz CT molecular complexity index is 1650. The van der Waals surface area contributed by atoms with Crippen molar-refractivity contribution in [3.63, 3.8) is 0 Å². The van der Waals surface area contributed by atoms with Gasteiger partial charge in [0.15, 0.2) is 0 Å². The summed E-state index contributed by atoms with van der Waals surface area (Å²) in [4.78, 5) is 14.3. The van der Waals surface area contributed by atoms with E-state index in [-0.39, 0.29) is 17.7 Å². The molecule has 2 aliphatic carbocycles. The van der Waals surface area contributed by atoms with E-state index in [4.69, 9.17) is 4.74 Å². The van der Waals surface area contributed by atoms with E-state index in [1.165, 1.54) is 0 Å². The molecular weight excluding hydrogens is 524 g/mol. The molecule has 2 aromatic heterocycles. The largest absolute Gasteiger partial charge is 0.387 e. The van der Waals surface area contributed by atoms with Crippen molar-refractivity contribution in [1.82, 2.24) is 14.2 Å². The van der Waals surface area contributed by atoms with Gasteiger partial charge in [0.1, 0.15) is 5.65 Å². The number of aliphatic hydroxyl groups is 1. The minimum Gasteiger partial charge on any atom is -0.387 e. The van der Waals surface area contributed by atoms with Gasteiger partial charge in [-0.2, -0.15) is 10.4 Å². The molecule has 2 fully saturated rings. The summed E-state index contributed by atoms with van der Waals surface area (Å²) < 4.78 is 10.1. The Balaban J connectivity index is 1.26. The normalized spacial score (nSPS) is 20.3. The van der Waals surface area contributed by atoms with Crippen LogP contribution in [0.5, 0.6) is 0 Å². The number of fused-ring (bicyclic) bond motifs is 1. The average Bonchev–Trinajstić information content (AvgIpc) is 3.78. The summed E-state index contributed by atoms with van der Waals surface area (Å²) >= 11 is 0. The number of hydrogen-bond donors (Lipinski definition) is 1. The Morgan fingerprint density at radius 1 is 1.05 bits per heavy atom. The summed E-state index contributed by atoms with van der Waals surface area (Å²) in [6.07, 6.45) is 9.77. The van der Waals surface area contributed by atoms with Crippen LogP contribution in [0.25, 0.3) is 16.8 Å². The van der Waals surface area contributed by atoms with Gasteiger partial charge in [-0.05, 0) is 80.5 Å². The zero-order valence-corrected chi connectivity index (χ0v) is 24.6. The molecule has 0 saturated heterocycles. The quantitative estimate of drug-likeness (QED) is 0.246. The lowest BCUT2D eigenvalue weighted by molar-refractivity contribution is -0.0845. The first-order chi connectivity index (χ1) is 20.4. The van der Waals surface area contributed by atoms with Gasteiger partial charge in [-0.1, -0.05) is 55.8 Å². The zero-order valence-electron chi connectivity index (χ0n) is 24.6. The van der Waals surface area contributed by atoms with Gasteiger partial charge in [-0.15, -0.1) is 0 Å². The van der Waals surface area contributed by atoms with Crippen LogP contribution in [0.2, 0.25) is 0 Å². The first kappa shape index (κ1) is 28.4. The van der Waals surface area contributed by atoms with E-state index in [1.807, 2.05) is 58.5 Å². The maximum Gasteiger partial charge on any atom is 0.257 e. The van der Waals surface area contributed by atoms with Crippen molar-refractivity contribution in [3.05, 3.63) is 93.5 Å². The van der Waals surface area contributed by atoms with E-state index < -0.39 is 5.60 Å². The molecule has 0 bridgehead atoms. The molecule has 1 atom stereocenters. The Morgan fingerprint density at radius 3 is 2.48 bits per heavy atom. The van der Waals surface area contributed by atoms with Gasteiger partial charge < -0.3 is 9.84 Å². The molecule has 2 heterocycles. The van der Waals surface area contributed by atoms with Crippen LogP contribution in [0.1, 0.15) is 87.2 Å². The number of benzene rings is 2. The maximum atomic E-state index is 14.3. The summed E-state index contributed by atoms with van der Waals surface area (Å²) in [6, 6.07) is 20.1. The highest BCUT2D eigenvalue weighted by molar-refractivity contribution is 5.70. The molecule has 218 valence electrons. The molecule has 7 nitrogen and oxygen atoms in total. The van der Waals surface area contributed by atoms with Crippen LogP contribution in [0.4, 0.5) is 0 Å². The molecule has 42 heavy (non-hydrogen) atoms. The molecule has 2 saturated carbocycles. The number of aryl methyl sites for hydroxylation is 1. The highest BCUT2D eigenvalue weighted by Crippen LogP contribution is 2.40. The number of rotatable bonds is 10. The van der Waals surface area contributed by atoms with E-state index >= 15 is 0 Å². The number of ether oxygens (including phenoxy) is 1. The van der Waals surface area contributed by atoms with Crippen molar-refractivity contribution in [2.45, 2.75) is 89.4 Å². The van der Waals surface area contributed by atoms with Gasteiger partial charge in [-0.25, -0.2) is 4.52 Å². The lowest BCUT2D eigenvalue weighted by Crippen LogP contribution is -2.37. The summed E-state index contributed by atoms with van der Waals surface area (Å²) in [5, 5.41) is 24.9. The van der Waals surface area contributed by atoms with Crippen LogP contribution in [0.15, 0.2) is 65.6 Å². The van der Waals surface area contributed by atoms with Crippen LogP contribution in [-0.2, 0) is 17.6 Å². The van der Waals surface area contributed by atoms with Gasteiger partial charge >= 0.3 is 0 Å². The molecule has 2 aliphatic rings. The Labute approximate surface area is 247 Å². The van der Waals surface area contributed by atoms with Crippen LogP contribution < -0.4 is 5.56 Å². The Hall–Kier alpha value is -3.73. The first-order valence-corrected chi connectivity index (χ1v) is 15.4. The predicted molar refractivity (Wildman–Crippen MR) is 163 cm³/mol. The molecule has 0 aliphatic heterocycles. The Kier molecular flexibility index (Phi) is 8.02. The van der Waals surface area contributed by atoms with Crippen LogP contribution in [0, 0.1) is 17.2 Å². The fourth-order valence-corrected chi connectivity index (χ4v) is 6.63. The van der Waals surface area contributed by atoms with E-state index in [0.717, 1.165) is 85.0 Å². The molecule has 0 spiro atoms. The highest BCUT2D eigenvalue weighted by Gasteiger charge is 2.40. The third-order valence-corrected chi connectivity index (χ3v) is 9.21. The van der Waals surface area contributed by atoms with Crippen LogP contribution in [0.3, 0.4) is 0 Å². The van der Waals surface area contributed by atoms with Crippen molar-refractivity contribution in [3.8, 4) is 17.2 Å². The molecule has 1 unspecified atom stereocenters. The minimum absolute atomic E-state index is 0.0754. The fraction of sp³-hybridized carbons (Fsp3) is 0.457. The van der Waals surface area contributed by atoms with Gasteiger partial charge in [0.05, 0.1) is 41.8 Å². The summed E-state index contributed by atoms with van der Waals surface area (Å²) in [5.74, 6) is 0.368. The standard InChI is InChI=1S/C35H40N4O3/c1-3-6-32-31(21-24-9-11-25(12-10-24)30-8-5-4-7-26(30)22-36)34(40)38(33-19-20-37-39(32)33)28-15-17-29(18-16-28)42-23-35(2,41)27-13-14-27/h4-5,7-12,19-20,27-29,41H,3,6,13-18,21,23H2,1-2H3/t28-,29-,35?. The SMILES string of the molecule is CCCc1c(Cc2ccc(-c3ccccc3C#N)cc2)c(=O)n([C@H]2CC[C@H](OCC(C)(O)C3CC3)CC2)c2ccnn12. The van der Waals surface area contributed by atoms with Crippen molar-refractivity contribution >= 4 is 5.65 Å². The second kappa shape index (κ2) is 11.9. The third kappa shape index (κ3) is 5.66. The van der Waals surface area contributed by atoms with Gasteiger partial charge in [0.2, 0.25) is 0 Å². The van der Waals surface area contributed by atoms with E-state index in [2.05, 4.69) is 30.2 Å². The smallest absolute Gasteiger partial charge is 0.257 e. The molecule has 0 amide bonds. The third-order valence-electron chi connectivity index (χ3n) is 9.21. The second-order valence-corrected chi connectivity index (χ2v) is 12.4. The summed E-state index contributed by atoms with van der Waals surface area (Å²) in [6.45, 7) is 4.41. The molecule has 7 heteroatoms. The number of hydrogen-bond acceptors (Lipinski definition) is 5. The van der Waals surface area contributed by atoms with Gasteiger partial charge in [0, 0.05) is 24.1 Å². The van der Waals surface area contributed by atoms with Crippen LogP contribution in [-0.4, -0.2) is 37.6 Å². The van der Waals surface area contributed by atoms with Crippen molar-refractivity contribution in [2.24, 2.45) is 5.92 Å². The zero-order chi connectivity index (χ0) is 29.3. The highest BCUT2D eigenvalue weighted by atomic mass is 16.5. The molecule has 0 radical (unpaired) electrons. The summed E-state index contributed by atoms with van der Waals surface area (Å²) in [5.41, 5.74) is 5.59. The Morgan fingerprint density at radius 2 is 1.79 bits per heavy atom. The second-order valence-electron chi connectivity index (χ2n) is 12.4. The summed E-state index contributed by atoms with van der Waals surface area (Å²) in [7, 11) is 0. The lowest BCUT2D eigenvalue weighted by atomic mass is 9.91. The minimum atomic E-state index is -0.737. The lowest BCUT2D eigenvalue weighted by Gasteiger charge is -2.33. The monoisotopic (exact) mass is 564 g/mol. The molecular formula is C35H40N4O3. The first-order valence-electron chi connectivity index (χ1n) is 15.4. The predicted octanol–water partition coefficient (Wildman–Crippen LogP) is 6.24. The van der Waals surface area contributed by atoms with Gasteiger partial charge in [-0.3, -0.25) is 9.36 Å². The van der Waals surface area contributed by atoms with Crippen molar-refractivity contribution in [2.75, 3.05) is 6.61 Å². The van der Waals surface area contributed by atoms with Crippen LogP contribution >= 0.6 is 0 Å². The van der Waals surface area contributed by atoms with E-state index in [0.29, 0.717) is 24.5 Å². The van der Waals surface area contributed by atoms with E-state index in [1.54, 1.807) is 6.20 Å². The fourth-order valence-electron chi connectivity index (χ4n) is 6.63. The topological polar surface area (TPSA) is 92.5 Å².